The van der Waals surface area contributed by atoms with Crippen molar-refractivity contribution in [1.29, 1.82) is 0 Å². The van der Waals surface area contributed by atoms with Crippen LogP contribution in [-0.4, -0.2) is 28.1 Å². The van der Waals surface area contributed by atoms with Crippen molar-refractivity contribution >= 4 is 18.2 Å². The Morgan fingerprint density at radius 1 is 1.11 bits per heavy atom. The topological polar surface area (TPSA) is 36.3 Å². The third-order valence-corrected chi connectivity index (χ3v) is 4.01. The molecular formula is C13H16BFN2O2. The molecule has 1 aliphatic heterocycles. The van der Waals surface area contributed by atoms with Gasteiger partial charge in [0, 0.05) is 0 Å². The summed E-state index contributed by atoms with van der Waals surface area (Å²) in [6.45, 7) is 7.81. The molecule has 0 bridgehead atoms. The molecule has 0 spiro atoms. The Bertz CT molecular complexity index is 623. The van der Waals surface area contributed by atoms with Crippen molar-refractivity contribution in [3.8, 4) is 0 Å². The van der Waals surface area contributed by atoms with Gasteiger partial charge in [-0.2, -0.15) is 4.39 Å². The number of rotatable bonds is 1. The van der Waals surface area contributed by atoms with Gasteiger partial charge in [-0.05, 0) is 39.8 Å². The largest absolute Gasteiger partial charge is 0.616 e. The van der Waals surface area contributed by atoms with E-state index in [9.17, 15) is 4.39 Å². The lowest BCUT2D eigenvalue weighted by molar-refractivity contribution is 0.00578. The minimum atomic E-state index is -0.709. The number of hydrogen-bond donors (Lipinski definition) is 0. The Morgan fingerprint density at radius 2 is 1.68 bits per heavy atom. The summed E-state index contributed by atoms with van der Waals surface area (Å²) in [7, 11) is -0.709. The van der Waals surface area contributed by atoms with Crippen LogP contribution in [0.5, 0.6) is 0 Å². The van der Waals surface area contributed by atoms with Crippen LogP contribution >= 0.6 is 0 Å². The van der Waals surface area contributed by atoms with Crippen LogP contribution < -0.4 is 0 Å². The maximum Gasteiger partial charge on any atom is 0.616 e. The van der Waals surface area contributed by atoms with Crippen LogP contribution in [0.15, 0.2) is 24.3 Å². The van der Waals surface area contributed by atoms with E-state index >= 15 is 0 Å². The summed E-state index contributed by atoms with van der Waals surface area (Å²) in [5, 5.41) is 4.37. The zero-order valence-electron chi connectivity index (χ0n) is 11.5. The number of hydrogen-bond acceptors (Lipinski definition) is 3. The smallest absolute Gasteiger partial charge is 0.383 e. The molecule has 0 atom stereocenters. The van der Waals surface area contributed by atoms with Gasteiger partial charge >= 0.3 is 7.25 Å². The molecule has 4 nitrogen and oxygen atoms in total. The van der Waals surface area contributed by atoms with E-state index in [2.05, 4.69) is 5.10 Å². The van der Waals surface area contributed by atoms with E-state index in [0.29, 0.717) is 10.9 Å². The average Bonchev–Trinajstić information content (AvgIpc) is 2.76. The molecule has 3 rings (SSSR count). The fourth-order valence-corrected chi connectivity index (χ4v) is 2.12. The van der Waals surface area contributed by atoms with E-state index in [4.69, 9.17) is 9.31 Å². The minimum absolute atomic E-state index is 0.470. The molecule has 0 N–H and O–H groups in total. The van der Waals surface area contributed by atoms with Gasteiger partial charge in [0.05, 0.1) is 22.1 Å². The summed E-state index contributed by atoms with van der Waals surface area (Å²) < 4.78 is 27.0. The second-order valence-electron chi connectivity index (χ2n) is 5.82. The molecule has 0 unspecified atom stereocenters. The highest BCUT2D eigenvalue weighted by molar-refractivity contribution is 6.44. The van der Waals surface area contributed by atoms with E-state index in [1.807, 2.05) is 33.8 Å². The maximum absolute atomic E-state index is 13.8. The quantitative estimate of drug-likeness (QED) is 0.741. The lowest BCUT2D eigenvalue weighted by atomic mass is 9.90. The van der Waals surface area contributed by atoms with E-state index < -0.39 is 24.4 Å². The average molecular weight is 262 g/mol. The highest BCUT2D eigenvalue weighted by Crippen LogP contribution is 2.37. The van der Waals surface area contributed by atoms with Gasteiger partial charge in [0.1, 0.15) is 0 Å². The van der Waals surface area contributed by atoms with Crippen LogP contribution in [-0.2, 0) is 9.31 Å². The molecule has 1 aliphatic rings. The predicted octanol–water partition coefficient (Wildman–Crippen LogP) is 2.61. The minimum Gasteiger partial charge on any atom is -0.383 e. The third kappa shape index (κ3) is 1.78. The predicted molar refractivity (Wildman–Crippen MR) is 71.2 cm³/mol. The molecule has 1 aromatic carbocycles. The fraction of sp³-hybridized carbons (Fsp3) is 0.462. The van der Waals surface area contributed by atoms with Gasteiger partial charge < -0.3 is 9.31 Å². The number of aromatic nitrogens is 2. The Morgan fingerprint density at radius 3 is 2.32 bits per heavy atom. The Balaban J connectivity index is 2.08. The molecule has 19 heavy (non-hydrogen) atoms. The summed E-state index contributed by atoms with van der Waals surface area (Å²) in [4.78, 5) is 0. The van der Waals surface area contributed by atoms with Crippen LogP contribution in [0.25, 0.3) is 10.9 Å². The van der Waals surface area contributed by atoms with Crippen LogP contribution in [0.2, 0.25) is 0 Å². The van der Waals surface area contributed by atoms with E-state index in [-0.39, 0.29) is 0 Å². The lowest BCUT2D eigenvalue weighted by Crippen LogP contribution is -2.41. The Hall–Kier alpha value is -1.40. The number of benzene rings is 1. The van der Waals surface area contributed by atoms with Crippen molar-refractivity contribution in [2.24, 2.45) is 0 Å². The molecule has 2 heterocycles. The van der Waals surface area contributed by atoms with Crippen molar-refractivity contribution in [1.82, 2.24) is 9.69 Å². The van der Waals surface area contributed by atoms with Gasteiger partial charge in [-0.3, -0.25) is 0 Å². The van der Waals surface area contributed by atoms with Crippen molar-refractivity contribution in [3.05, 3.63) is 30.2 Å². The summed E-state index contributed by atoms with van der Waals surface area (Å²) in [5.74, 6) is -0.509. The SMILES string of the molecule is CC1(C)OB(n2nc(F)c3ccccc32)OC1(C)C. The van der Waals surface area contributed by atoms with Gasteiger partial charge in [-0.15, -0.1) is 5.10 Å². The third-order valence-electron chi connectivity index (χ3n) is 4.01. The molecule has 0 radical (unpaired) electrons. The maximum atomic E-state index is 13.8. The molecule has 0 amide bonds. The van der Waals surface area contributed by atoms with Crippen molar-refractivity contribution in [2.75, 3.05) is 0 Å². The highest BCUT2D eigenvalue weighted by atomic mass is 19.1. The number of halogens is 1. The second kappa shape index (κ2) is 3.80. The van der Waals surface area contributed by atoms with Crippen molar-refractivity contribution in [2.45, 2.75) is 38.9 Å². The number of nitrogens with zero attached hydrogens (tertiary/aromatic N) is 2. The van der Waals surface area contributed by atoms with Gasteiger partial charge in [0.25, 0.3) is 0 Å². The van der Waals surface area contributed by atoms with Gasteiger partial charge in [-0.1, -0.05) is 12.1 Å². The zero-order chi connectivity index (χ0) is 13.8. The zero-order valence-corrected chi connectivity index (χ0v) is 11.5. The summed E-state index contributed by atoms with van der Waals surface area (Å²) in [6.07, 6.45) is 0. The van der Waals surface area contributed by atoms with E-state index in [1.165, 1.54) is 4.59 Å². The van der Waals surface area contributed by atoms with Crippen molar-refractivity contribution < 1.29 is 13.7 Å². The Kier molecular flexibility index (Phi) is 2.53. The molecule has 1 aromatic heterocycles. The molecule has 1 fully saturated rings. The Labute approximate surface area is 111 Å². The molecule has 1 saturated heterocycles. The molecule has 0 saturated carbocycles. The summed E-state index contributed by atoms with van der Waals surface area (Å²) in [5.41, 5.74) is -0.277. The van der Waals surface area contributed by atoms with E-state index in [1.54, 1.807) is 18.2 Å². The van der Waals surface area contributed by atoms with Crippen LogP contribution in [0.1, 0.15) is 27.7 Å². The first-order valence-corrected chi connectivity index (χ1v) is 6.30. The van der Waals surface area contributed by atoms with Gasteiger partial charge in [0.2, 0.25) is 5.95 Å². The molecule has 6 heteroatoms. The molecule has 2 aromatic rings. The van der Waals surface area contributed by atoms with Crippen LogP contribution in [0.3, 0.4) is 0 Å². The van der Waals surface area contributed by atoms with Crippen LogP contribution in [0.4, 0.5) is 4.39 Å². The molecule has 0 aliphatic carbocycles. The van der Waals surface area contributed by atoms with Crippen LogP contribution in [0, 0.1) is 5.95 Å². The summed E-state index contributed by atoms with van der Waals surface area (Å²) in [6, 6.07) is 7.11. The first kappa shape index (κ1) is 12.6. The molecule has 100 valence electrons. The molecular weight excluding hydrogens is 246 g/mol. The number of para-hydroxylation sites is 1. The highest BCUT2D eigenvalue weighted by Gasteiger charge is 2.53. The van der Waals surface area contributed by atoms with Gasteiger partial charge in [0.15, 0.2) is 0 Å². The monoisotopic (exact) mass is 262 g/mol. The number of fused-ring (bicyclic) bond motifs is 1. The fourth-order valence-electron chi connectivity index (χ4n) is 2.12. The summed E-state index contributed by atoms with van der Waals surface area (Å²) >= 11 is 0. The first-order valence-electron chi connectivity index (χ1n) is 6.30. The standard InChI is InChI=1S/C13H16BFN2O2/c1-12(2)13(3,4)19-14(18-12)17-10-8-6-5-7-9(10)11(15)16-17/h5-8H,1-4H3. The lowest BCUT2D eigenvalue weighted by Gasteiger charge is -2.32. The van der Waals surface area contributed by atoms with Gasteiger partial charge in [-0.25, -0.2) is 4.59 Å². The normalized spacial score (nSPS) is 21.2. The second-order valence-corrected chi connectivity index (χ2v) is 5.82. The van der Waals surface area contributed by atoms with Crippen molar-refractivity contribution in [3.63, 3.8) is 0 Å². The first-order chi connectivity index (χ1) is 8.82. The van der Waals surface area contributed by atoms with E-state index in [0.717, 1.165) is 0 Å².